The lowest BCUT2D eigenvalue weighted by Crippen LogP contribution is -2.53. The van der Waals surface area contributed by atoms with Crippen LogP contribution in [0.4, 0.5) is 0 Å². The summed E-state index contributed by atoms with van der Waals surface area (Å²) in [6.07, 6.45) is 0.577. The van der Waals surface area contributed by atoms with Gasteiger partial charge >= 0.3 is 0 Å². The number of nitrogens with zero attached hydrogens (tertiary/aromatic N) is 3. The maximum Gasteiger partial charge on any atom is 0.242 e. The van der Waals surface area contributed by atoms with E-state index in [1.54, 1.807) is 25.8 Å². The van der Waals surface area contributed by atoms with Crippen LogP contribution in [0.3, 0.4) is 0 Å². The summed E-state index contributed by atoms with van der Waals surface area (Å²) in [6, 6.07) is 4.00. The molecule has 0 rings (SSSR count). The third-order valence-electron chi connectivity index (χ3n) is 2.43. The summed E-state index contributed by atoms with van der Waals surface area (Å²) >= 11 is 0. The van der Waals surface area contributed by atoms with Gasteiger partial charge in [0.15, 0.2) is 0 Å². The summed E-state index contributed by atoms with van der Waals surface area (Å²) in [5.41, 5.74) is -0.662. The lowest BCUT2D eigenvalue weighted by molar-refractivity contribution is -0.136. The zero-order valence-electron chi connectivity index (χ0n) is 10.1. The van der Waals surface area contributed by atoms with Crippen LogP contribution in [0.1, 0.15) is 26.7 Å². The zero-order chi connectivity index (χ0) is 12.6. The second kappa shape index (κ2) is 6.81. The number of carbonyl (C=O) groups is 1. The van der Waals surface area contributed by atoms with Gasteiger partial charge in [-0.3, -0.25) is 4.79 Å². The number of hydrogen-bond acceptors (Lipinski definition) is 4. The molecule has 0 aromatic carbocycles. The van der Waals surface area contributed by atoms with Crippen LogP contribution in [0, 0.1) is 22.7 Å². The molecule has 0 saturated heterocycles. The molecule has 0 atom stereocenters. The lowest BCUT2D eigenvalue weighted by Gasteiger charge is -2.30. The molecule has 0 aromatic heterocycles. The molecule has 88 valence electrons. The van der Waals surface area contributed by atoms with Crippen LogP contribution in [0.2, 0.25) is 0 Å². The first kappa shape index (κ1) is 14.4. The maximum atomic E-state index is 12.1. The molecule has 0 aromatic rings. The molecule has 0 fully saturated rings. The first-order chi connectivity index (χ1) is 7.49. The fourth-order valence-corrected chi connectivity index (χ4v) is 1.19. The zero-order valence-corrected chi connectivity index (χ0v) is 10.1. The van der Waals surface area contributed by atoms with Crippen LogP contribution < -0.4 is 5.32 Å². The number of nitrogens with one attached hydrogen (secondary N) is 1. The minimum atomic E-state index is -0.662. The Balaban J connectivity index is 4.57. The van der Waals surface area contributed by atoms with E-state index in [9.17, 15) is 4.79 Å². The Kier molecular flexibility index (Phi) is 6.14. The Hall–Kier alpha value is -1.59. The first-order valence-corrected chi connectivity index (χ1v) is 5.21. The van der Waals surface area contributed by atoms with Crippen LogP contribution in [0.25, 0.3) is 0 Å². The van der Waals surface area contributed by atoms with Crippen molar-refractivity contribution in [2.24, 2.45) is 0 Å². The topological polar surface area (TPSA) is 79.9 Å². The predicted molar refractivity (Wildman–Crippen MR) is 60.2 cm³/mol. The highest BCUT2D eigenvalue weighted by Gasteiger charge is 2.29. The molecule has 0 aliphatic rings. The van der Waals surface area contributed by atoms with Gasteiger partial charge in [-0.2, -0.15) is 10.5 Å². The molecule has 5 nitrogen and oxygen atoms in total. The SMILES string of the molecule is CNC(C)(C)C(=O)N(CCC#N)CCC#N. The number of carbonyl (C=O) groups excluding carboxylic acids is 1. The monoisotopic (exact) mass is 222 g/mol. The quantitative estimate of drug-likeness (QED) is 0.715. The average molecular weight is 222 g/mol. The second-order valence-electron chi connectivity index (χ2n) is 3.98. The minimum Gasteiger partial charge on any atom is -0.339 e. The Labute approximate surface area is 96.6 Å². The Bertz CT molecular complexity index is 293. The van der Waals surface area contributed by atoms with Crippen molar-refractivity contribution >= 4 is 5.91 Å². The Morgan fingerprint density at radius 1 is 1.25 bits per heavy atom. The molecule has 0 spiro atoms. The van der Waals surface area contributed by atoms with Gasteiger partial charge in [0.25, 0.3) is 0 Å². The number of likely N-dealkylation sites (N-methyl/N-ethyl adjacent to an activating group) is 1. The number of nitriles is 2. The molecule has 1 amide bonds. The number of amides is 1. The summed E-state index contributed by atoms with van der Waals surface area (Å²) in [5.74, 6) is -0.0829. The molecule has 16 heavy (non-hydrogen) atoms. The van der Waals surface area contributed by atoms with Crippen LogP contribution in [-0.2, 0) is 4.79 Å². The summed E-state index contributed by atoms with van der Waals surface area (Å²) in [6.45, 7) is 4.31. The molecule has 0 heterocycles. The van der Waals surface area contributed by atoms with E-state index in [-0.39, 0.29) is 18.7 Å². The molecule has 0 aliphatic carbocycles. The highest BCUT2D eigenvalue weighted by atomic mass is 16.2. The van der Waals surface area contributed by atoms with Crippen LogP contribution in [0.5, 0.6) is 0 Å². The van der Waals surface area contributed by atoms with Crippen molar-refractivity contribution < 1.29 is 4.79 Å². The molecular weight excluding hydrogens is 204 g/mol. The van der Waals surface area contributed by atoms with Crippen molar-refractivity contribution in [3.63, 3.8) is 0 Å². The molecule has 0 unspecified atom stereocenters. The van der Waals surface area contributed by atoms with Gasteiger partial charge in [-0.05, 0) is 20.9 Å². The van der Waals surface area contributed by atoms with Gasteiger partial charge in [0.2, 0.25) is 5.91 Å². The van der Waals surface area contributed by atoms with E-state index in [0.717, 1.165) is 0 Å². The Morgan fingerprint density at radius 3 is 2.00 bits per heavy atom. The summed E-state index contributed by atoms with van der Waals surface area (Å²) in [4.78, 5) is 13.6. The van der Waals surface area contributed by atoms with E-state index in [0.29, 0.717) is 13.1 Å². The van der Waals surface area contributed by atoms with Crippen LogP contribution in [-0.4, -0.2) is 36.5 Å². The Morgan fingerprint density at radius 2 is 1.69 bits per heavy atom. The normalized spacial score (nSPS) is 10.3. The molecule has 0 aliphatic heterocycles. The van der Waals surface area contributed by atoms with Gasteiger partial charge in [-0.1, -0.05) is 0 Å². The van der Waals surface area contributed by atoms with E-state index in [4.69, 9.17) is 10.5 Å². The van der Waals surface area contributed by atoms with E-state index in [1.165, 1.54) is 0 Å². The largest absolute Gasteiger partial charge is 0.339 e. The van der Waals surface area contributed by atoms with Crippen molar-refractivity contribution in [2.45, 2.75) is 32.2 Å². The van der Waals surface area contributed by atoms with Gasteiger partial charge < -0.3 is 10.2 Å². The lowest BCUT2D eigenvalue weighted by atomic mass is 10.0. The first-order valence-electron chi connectivity index (χ1n) is 5.21. The molecule has 0 bridgehead atoms. The van der Waals surface area contributed by atoms with E-state index in [2.05, 4.69) is 5.32 Å². The highest BCUT2D eigenvalue weighted by molar-refractivity contribution is 5.85. The average Bonchev–Trinajstić information content (AvgIpc) is 2.28. The van der Waals surface area contributed by atoms with Crippen molar-refractivity contribution in [3.8, 4) is 12.1 Å². The van der Waals surface area contributed by atoms with Crippen molar-refractivity contribution in [1.82, 2.24) is 10.2 Å². The smallest absolute Gasteiger partial charge is 0.242 e. The van der Waals surface area contributed by atoms with Gasteiger partial charge in [-0.15, -0.1) is 0 Å². The number of hydrogen-bond donors (Lipinski definition) is 1. The van der Waals surface area contributed by atoms with Crippen molar-refractivity contribution in [3.05, 3.63) is 0 Å². The summed E-state index contributed by atoms with van der Waals surface area (Å²) < 4.78 is 0. The molecular formula is C11H18N4O. The highest BCUT2D eigenvalue weighted by Crippen LogP contribution is 2.08. The van der Waals surface area contributed by atoms with E-state index >= 15 is 0 Å². The van der Waals surface area contributed by atoms with Gasteiger partial charge in [-0.25, -0.2) is 0 Å². The maximum absolute atomic E-state index is 12.1. The fraction of sp³-hybridized carbons (Fsp3) is 0.727. The molecule has 0 saturated carbocycles. The van der Waals surface area contributed by atoms with Crippen molar-refractivity contribution in [1.29, 1.82) is 10.5 Å². The standard InChI is InChI=1S/C11H18N4O/c1-11(2,14-3)10(16)15(8-4-6-12)9-5-7-13/h14H,4-5,8-9H2,1-3H3. The molecule has 0 radical (unpaired) electrons. The van der Waals surface area contributed by atoms with Gasteiger partial charge in [0, 0.05) is 13.1 Å². The molecule has 5 heteroatoms. The third kappa shape index (κ3) is 4.29. The number of rotatable bonds is 6. The summed E-state index contributed by atoms with van der Waals surface area (Å²) in [5, 5.41) is 19.9. The summed E-state index contributed by atoms with van der Waals surface area (Å²) in [7, 11) is 1.71. The predicted octanol–water partition coefficient (Wildman–Crippen LogP) is 0.640. The third-order valence-corrected chi connectivity index (χ3v) is 2.43. The van der Waals surface area contributed by atoms with E-state index < -0.39 is 5.54 Å². The minimum absolute atomic E-state index is 0.0829. The van der Waals surface area contributed by atoms with Crippen molar-refractivity contribution in [2.75, 3.05) is 20.1 Å². The van der Waals surface area contributed by atoms with Gasteiger partial charge in [0.1, 0.15) is 0 Å². The van der Waals surface area contributed by atoms with Crippen LogP contribution in [0.15, 0.2) is 0 Å². The fourth-order valence-electron chi connectivity index (χ4n) is 1.19. The molecule has 1 N–H and O–H groups in total. The van der Waals surface area contributed by atoms with Gasteiger partial charge in [0.05, 0.1) is 30.5 Å². The van der Waals surface area contributed by atoms with Crippen LogP contribution >= 0.6 is 0 Å². The second-order valence-corrected chi connectivity index (χ2v) is 3.98. The van der Waals surface area contributed by atoms with E-state index in [1.807, 2.05) is 12.1 Å².